The van der Waals surface area contributed by atoms with Crippen LogP contribution in [0, 0.1) is 0 Å². The van der Waals surface area contributed by atoms with Crippen LogP contribution in [0.25, 0.3) is 0 Å². The molecular formula is C18H25NO. The van der Waals surface area contributed by atoms with E-state index in [9.17, 15) is 4.79 Å². The molecule has 1 aromatic carbocycles. The summed E-state index contributed by atoms with van der Waals surface area (Å²) in [6, 6.07) is 7.62. The maximum Gasteiger partial charge on any atom is 0.137 e. The van der Waals surface area contributed by atoms with Crippen LogP contribution in [0.1, 0.15) is 57.1 Å². The van der Waals surface area contributed by atoms with Crippen molar-refractivity contribution in [3.8, 4) is 0 Å². The summed E-state index contributed by atoms with van der Waals surface area (Å²) in [5.41, 5.74) is 4.37. The predicted octanol–water partition coefficient (Wildman–Crippen LogP) is 3.90. The highest BCUT2D eigenvalue weighted by Crippen LogP contribution is 2.40. The van der Waals surface area contributed by atoms with E-state index in [4.69, 9.17) is 0 Å². The van der Waals surface area contributed by atoms with E-state index in [0.717, 1.165) is 25.7 Å². The quantitative estimate of drug-likeness (QED) is 0.831. The number of anilines is 1. The van der Waals surface area contributed by atoms with Crippen LogP contribution >= 0.6 is 0 Å². The highest BCUT2D eigenvalue weighted by atomic mass is 16.1. The van der Waals surface area contributed by atoms with Gasteiger partial charge in [0.25, 0.3) is 0 Å². The Morgan fingerprint density at radius 3 is 2.10 bits per heavy atom. The van der Waals surface area contributed by atoms with Crippen molar-refractivity contribution in [2.45, 2.75) is 70.9 Å². The lowest BCUT2D eigenvalue weighted by atomic mass is 9.82. The molecule has 2 nitrogen and oxygen atoms in total. The molecule has 20 heavy (non-hydrogen) atoms. The van der Waals surface area contributed by atoms with Gasteiger partial charge in [0.15, 0.2) is 0 Å². The predicted molar refractivity (Wildman–Crippen MR) is 83.3 cm³/mol. The summed E-state index contributed by atoms with van der Waals surface area (Å²) in [6.45, 7) is 4.48. The van der Waals surface area contributed by atoms with Crippen LogP contribution in [0.2, 0.25) is 0 Å². The highest BCUT2D eigenvalue weighted by molar-refractivity contribution is 5.83. The minimum absolute atomic E-state index is 0.452. The van der Waals surface area contributed by atoms with Gasteiger partial charge < -0.3 is 4.90 Å². The van der Waals surface area contributed by atoms with Crippen molar-refractivity contribution >= 4 is 11.5 Å². The van der Waals surface area contributed by atoms with E-state index in [1.165, 1.54) is 36.1 Å². The number of ketones is 1. The maximum absolute atomic E-state index is 11.9. The lowest BCUT2D eigenvalue weighted by Gasteiger charge is -2.48. The summed E-state index contributed by atoms with van der Waals surface area (Å²) in [7, 11) is 0. The molecule has 2 saturated heterocycles. The normalized spacial score (nSPS) is 25.9. The molecule has 2 aliphatic heterocycles. The highest BCUT2D eigenvalue weighted by Gasteiger charge is 2.38. The molecule has 2 atom stereocenters. The molecule has 2 heteroatoms. The fraction of sp³-hybridized carbons (Fsp3) is 0.611. The van der Waals surface area contributed by atoms with Crippen LogP contribution in [-0.2, 0) is 17.6 Å². The third kappa shape index (κ3) is 2.25. The fourth-order valence-corrected chi connectivity index (χ4v) is 4.09. The lowest BCUT2D eigenvalue weighted by Crippen LogP contribution is -2.53. The van der Waals surface area contributed by atoms with Gasteiger partial charge in [0.2, 0.25) is 0 Å². The molecule has 0 amide bonds. The van der Waals surface area contributed by atoms with Gasteiger partial charge in [-0.1, -0.05) is 32.0 Å². The summed E-state index contributed by atoms with van der Waals surface area (Å²) in [5, 5.41) is 0. The van der Waals surface area contributed by atoms with E-state index in [1.54, 1.807) is 0 Å². The van der Waals surface area contributed by atoms with E-state index in [2.05, 4.69) is 36.9 Å². The Labute approximate surface area is 122 Å². The zero-order chi connectivity index (χ0) is 14.1. The SMILES string of the molecule is CCc1cccc(CC)c1N1C2CCCC1CC(=O)C2. The maximum atomic E-state index is 11.9. The number of aryl methyl sites for hydroxylation is 2. The van der Waals surface area contributed by atoms with Crippen LogP contribution in [0.15, 0.2) is 18.2 Å². The largest absolute Gasteiger partial charge is 0.364 e. The van der Waals surface area contributed by atoms with Gasteiger partial charge in [0.1, 0.15) is 5.78 Å². The molecule has 0 aromatic heterocycles. The van der Waals surface area contributed by atoms with Crippen molar-refractivity contribution in [2.75, 3.05) is 4.90 Å². The summed E-state index contributed by atoms with van der Waals surface area (Å²) in [6.07, 6.45) is 7.33. The first-order valence-electron chi connectivity index (χ1n) is 8.15. The molecule has 0 saturated carbocycles. The topological polar surface area (TPSA) is 20.3 Å². The van der Waals surface area contributed by atoms with Crippen molar-refractivity contribution in [1.29, 1.82) is 0 Å². The molecule has 2 fully saturated rings. The number of rotatable bonds is 3. The van der Waals surface area contributed by atoms with Crippen LogP contribution < -0.4 is 4.90 Å². The number of Topliss-reactive ketones (excluding diaryl/α,β-unsaturated/α-hetero) is 1. The average molecular weight is 271 g/mol. The van der Waals surface area contributed by atoms with Gasteiger partial charge in [-0.3, -0.25) is 4.79 Å². The van der Waals surface area contributed by atoms with E-state index in [-0.39, 0.29) is 0 Å². The van der Waals surface area contributed by atoms with Crippen molar-refractivity contribution in [2.24, 2.45) is 0 Å². The average Bonchev–Trinajstić information content (AvgIpc) is 2.45. The van der Waals surface area contributed by atoms with Crippen LogP contribution in [-0.4, -0.2) is 17.9 Å². The first kappa shape index (κ1) is 13.7. The van der Waals surface area contributed by atoms with Crippen molar-refractivity contribution in [1.82, 2.24) is 0 Å². The number of benzene rings is 1. The minimum atomic E-state index is 0.452. The van der Waals surface area contributed by atoms with Crippen molar-refractivity contribution in [3.05, 3.63) is 29.3 Å². The zero-order valence-electron chi connectivity index (χ0n) is 12.7. The van der Waals surface area contributed by atoms with Gasteiger partial charge >= 0.3 is 0 Å². The summed E-state index contributed by atoms with van der Waals surface area (Å²) in [5.74, 6) is 0.475. The molecule has 2 aliphatic rings. The molecule has 0 N–H and O–H groups in total. The number of hydrogen-bond acceptors (Lipinski definition) is 2. The Hall–Kier alpha value is -1.31. The third-order valence-electron chi connectivity index (χ3n) is 5.01. The number of para-hydroxylation sites is 1. The monoisotopic (exact) mass is 271 g/mol. The first-order chi connectivity index (χ1) is 9.74. The van der Waals surface area contributed by atoms with Crippen LogP contribution in [0.3, 0.4) is 0 Å². The molecule has 108 valence electrons. The van der Waals surface area contributed by atoms with E-state index >= 15 is 0 Å². The Morgan fingerprint density at radius 2 is 1.60 bits per heavy atom. The number of carbonyl (C=O) groups is 1. The smallest absolute Gasteiger partial charge is 0.137 e. The Kier molecular flexibility index (Phi) is 3.82. The first-order valence-corrected chi connectivity index (χ1v) is 8.15. The van der Waals surface area contributed by atoms with Crippen molar-refractivity contribution in [3.63, 3.8) is 0 Å². The molecule has 2 unspecified atom stereocenters. The van der Waals surface area contributed by atoms with Gasteiger partial charge in [-0.2, -0.15) is 0 Å². The van der Waals surface area contributed by atoms with E-state index in [1.807, 2.05) is 0 Å². The lowest BCUT2D eigenvalue weighted by molar-refractivity contribution is -0.121. The molecule has 2 heterocycles. The molecule has 0 spiro atoms. The van der Waals surface area contributed by atoms with Crippen LogP contribution in [0.5, 0.6) is 0 Å². The minimum Gasteiger partial charge on any atom is -0.364 e. The Bertz CT molecular complexity index is 470. The summed E-state index contributed by atoms with van der Waals surface area (Å²) >= 11 is 0. The number of carbonyl (C=O) groups excluding carboxylic acids is 1. The van der Waals surface area contributed by atoms with Gasteiger partial charge in [-0.15, -0.1) is 0 Å². The van der Waals surface area contributed by atoms with Crippen LogP contribution in [0.4, 0.5) is 5.69 Å². The van der Waals surface area contributed by atoms with Crippen molar-refractivity contribution < 1.29 is 4.79 Å². The molecule has 0 aliphatic carbocycles. The fourth-order valence-electron chi connectivity index (χ4n) is 4.09. The van der Waals surface area contributed by atoms with E-state index < -0.39 is 0 Å². The number of hydrogen-bond donors (Lipinski definition) is 0. The standard InChI is InChI=1S/C18H25NO/c1-3-13-7-5-8-14(4-2)18(13)19-15-9-6-10-16(19)12-17(20)11-15/h5,7-8,15-16H,3-4,6,9-12H2,1-2H3. The van der Waals surface area contributed by atoms with Gasteiger partial charge in [0, 0.05) is 30.6 Å². The number of fused-ring (bicyclic) bond motifs is 2. The second kappa shape index (κ2) is 5.59. The van der Waals surface area contributed by atoms with Gasteiger partial charge in [-0.05, 0) is 43.2 Å². The van der Waals surface area contributed by atoms with E-state index in [0.29, 0.717) is 17.9 Å². The van der Waals surface area contributed by atoms with Gasteiger partial charge in [-0.25, -0.2) is 0 Å². The Balaban J connectivity index is 2.05. The molecule has 0 radical (unpaired) electrons. The number of nitrogens with zero attached hydrogens (tertiary/aromatic N) is 1. The summed E-state index contributed by atoms with van der Waals surface area (Å²) in [4.78, 5) is 14.6. The molecule has 2 bridgehead atoms. The van der Waals surface area contributed by atoms with Gasteiger partial charge in [0.05, 0.1) is 0 Å². The second-order valence-corrected chi connectivity index (χ2v) is 6.22. The summed E-state index contributed by atoms with van der Waals surface area (Å²) < 4.78 is 0. The second-order valence-electron chi connectivity index (χ2n) is 6.22. The number of piperidine rings is 2. The Morgan fingerprint density at radius 1 is 1.05 bits per heavy atom. The molecular weight excluding hydrogens is 246 g/mol. The third-order valence-corrected chi connectivity index (χ3v) is 5.01. The zero-order valence-corrected chi connectivity index (χ0v) is 12.7. The molecule has 1 aromatic rings. The molecule has 3 rings (SSSR count).